The van der Waals surface area contributed by atoms with Gasteiger partial charge < -0.3 is 20.5 Å². The highest BCUT2D eigenvalue weighted by Gasteiger charge is 2.00. The Morgan fingerprint density at radius 3 is 3.00 bits per heavy atom. The molecule has 3 N–H and O–H groups in total. The third-order valence-electron chi connectivity index (χ3n) is 2.30. The van der Waals surface area contributed by atoms with Gasteiger partial charge in [-0.15, -0.1) is 24.0 Å². The number of guanidine groups is 1. The highest BCUT2D eigenvalue weighted by Crippen LogP contribution is 2.19. The zero-order valence-corrected chi connectivity index (χ0v) is 15.1. The van der Waals surface area contributed by atoms with Gasteiger partial charge in [-0.3, -0.25) is 4.99 Å². The third-order valence-corrected chi connectivity index (χ3v) is 2.59. The number of pyridine rings is 1. The van der Waals surface area contributed by atoms with Crippen LogP contribution >= 0.6 is 35.6 Å². The molecule has 0 aliphatic carbocycles. The Morgan fingerprint density at radius 2 is 2.29 bits per heavy atom. The van der Waals surface area contributed by atoms with Crippen LogP contribution in [0.5, 0.6) is 5.88 Å². The molecule has 0 radical (unpaired) electrons. The van der Waals surface area contributed by atoms with Crippen LogP contribution in [0, 0.1) is 0 Å². The molecule has 0 bridgehead atoms. The Labute approximate surface area is 147 Å². The van der Waals surface area contributed by atoms with Gasteiger partial charge in [0.05, 0.1) is 6.54 Å². The van der Waals surface area contributed by atoms with Gasteiger partial charge in [0.1, 0.15) is 11.6 Å². The highest BCUT2D eigenvalue weighted by atomic mass is 127. The van der Waals surface area contributed by atoms with E-state index in [0.717, 1.165) is 13.0 Å². The molecule has 8 heteroatoms. The van der Waals surface area contributed by atoms with Crippen molar-refractivity contribution in [2.24, 2.45) is 10.7 Å². The molecule has 0 saturated carbocycles. The largest absolute Gasteiger partial charge is 0.475 e. The first-order chi connectivity index (χ1) is 9.74. The van der Waals surface area contributed by atoms with Crippen molar-refractivity contribution >= 4 is 41.5 Å². The Bertz CT molecular complexity index is 421. The molecule has 0 aliphatic rings. The maximum absolute atomic E-state index is 5.91. The normalized spacial score (nSPS) is 10.9. The zero-order chi connectivity index (χ0) is 14.6. The molecule has 0 atom stereocenters. The van der Waals surface area contributed by atoms with Crippen molar-refractivity contribution < 1.29 is 9.47 Å². The summed E-state index contributed by atoms with van der Waals surface area (Å²) in [6.07, 6.45) is 2.49. The van der Waals surface area contributed by atoms with E-state index in [1.54, 1.807) is 18.3 Å². The van der Waals surface area contributed by atoms with E-state index in [4.69, 9.17) is 26.8 Å². The van der Waals surface area contributed by atoms with Crippen LogP contribution in [-0.4, -0.2) is 43.9 Å². The Morgan fingerprint density at radius 1 is 1.48 bits per heavy atom. The average Bonchev–Trinajstić information content (AvgIpc) is 2.45. The summed E-state index contributed by atoms with van der Waals surface area (Å²) in [7, 11) is 0. The second kappa shape index (κ2) is 12.9. The van der Waals surface area contributed by atoms with Crippen molar-refractivity contribution in [3.05, 3.63) is 23.4 Å². The average molecular weight is 429 g/mol. The molecular formula is C13H22ClIN4O2. The first-order valence-electron chi connectivity index (χ1n) is 6.59. The van der Waals surface area contributed by atoms with Crippen LogP contribution in [0.4, 0.5) is 0 Å². The fraction of sp³-hybridized carbons (Fsp3) is 0.538. The van der Waals surface area contributed by atoms with Crippen LogP contribution in [-0.2, 0) is 4.74 Å². The van der Waals surface area contributed by atoms with Crippen LogP contribution < -0.4 is 15.8 Å². The lowest BCUT2D eigenvalue weighted by Crippen LogP contribution is -2.35. The molecule has 0 saturated heterocycles. The van der Waals surface area contributed by atoms with Gasteiger partial charge in [0.2, 0.25) is 5.88 Å². The smallest absolute Gasteiger partial charge is 0.232 e. The van der Waals surface area contributed by atoms with E-state index in [9.17, 15) is 0 Å². The molecule has 0 fully saturated rings. The fourth-order valence-electron chi connectivity index (χ4n) is 1.37. The minimum absolute atomic E-state index is 0. The molecule has 0 amide bonds. The number of aromatic nitrogens is 1. The number of hydrogen-bond donors (Lipinski definition) is 2. The molecule has 21 heavy (non-hydrogen) atoms. The van der Waals surface area contributed by atoms with E-state index in [0.29, 0.717) is 43.2 Å². The van der Waals surface area contributed by atoms with Gasteiger partial charge in [-0.25, -0.2) is 4.98 Å². The number of nitrogens with two attached hydrogens (primary N) is 1. The number of rotatable bonds is 9. The summed E-state index contributed by atoms with van der Waals surface area (Å²) in [5, 5.41) is 3.45. The standard InChI is InChI=1S/C13H21ClN4O2.HI/c1-2-19-9-4-7-17-13(15)18-8-10-20-12-11(14)5-3-6-16-12;/h3,5-6H,2,4,7-10H2,1H3,(H3,15,17,18);1H. The number of ether oxygens (including phenoxy) is 2. The van der Waals surface area contributed by atoms with Gasteiger partial charge in [-0.2, -0.15) is 0 Å². The van der Waals surface area contributed by atoms with Gasteiger partial charge in [-0.1, -0.05) is 11.6 Å². The molecule has 120 valence electrons. The van der Waals surface area contributed by atoms with E-state index in [1.807, 2.05) is 6.92 Å². The molecule has 1 heterocycles. The summed E-state index contributed by atoms with van der Waals surface area (Å²) in [6, 6.07) is 3.48. The Hall–Kier alpha value is -0.800. The Balaban J connectivity index is 0.00000400. The molecule has 1 rings (SSSR count). The van der Waals surface area contributed by atoms with Crippen LogP contribution in [0.15, 0.2) is 23.3 Å². The number of hydrogen-bond acceptors (Lipinski definition) is 4. The number of nitrogens with one attached hydrogen (secondary N) is 1. The van der Waals surface area contributed by atoms with E-state index in [1.165, 1.54) is 0 Å². The molecule has 6 nitrogen and oxygen atoms in total. The van der Waals surface area contributed by atoms with E-state index in [2.05, 4.69) is 15.3 Å². The van der Waals surface area contributed by atoms with Crippen molar-refractivity contribution in [2.45, 2.75) is 13.3 Å². The zero-order valence-electron chi connectivity index (χ0n) is 12.0. The predicted octanol–water partition coefficient (Wildman–Crippen LogP) is 2.06. The second-order valence-corrected chi connectivity index (χ2v) is 4.29. The molecule has 0 unspecified atom stereocenters. The summed E-state index contributed by atoms with van der Waals surface area (Å²) in [5.41, 5.74) is 5.70. The van der Waals surface area contributed by atoms with Crippen molar-refractivity contribution in [1.29, 1.82) is 0 Å². The molecule has 0 aromatic carbocycles. The van der Waals surface area contributed by atoms with Gasteiger partial charge in [0, 0.05) is 26.0 Å². The lowest BCUT2D eigenvalue weighted by Gasteiger charge is -2.08. The van der Waals surface area contributed by atoms with Crippen LogP contribution in [0.2, 0.25) is 5.02 Å². The predicted molar refractivity (Wildman–Crippen MR) is 95.8 cm³/mol. The molecular weight excluding hydrogens is 407 g/mol. The minimum Gasteiger partial charge on any atom is -0.475 e. The highest BCUT2D eigenvalue weighted by molar-refractivity contribution is 14.0. The topological polar surface area (TPSA) is 81.8 Å². The summed E-state index contributed by atoms with van der Waals surface area (Å²) in [4.78, 5) is 8.18. The lowest BCUT2D eigenvalue weighted by atomic mass is 10.4. The number of aliphatic imine (C=N–C) groups is 1. The Kier molecular flexibility index (Phi) is 12.4. The first-order valence-corrected chi connectivity index (χ1v) is 6.96. The van der Waals surface area contributed by atoms with E-state index < -0.39 is 0 Å². The fourth-order valence-corrected chi connectivity index (χ4v) is 1.55. The van der Waals surface area contributed by atoms with Crippen LogP contribution in [0.1, 0.15) is 13.3 Å². The molecule has 1 aromatic heterocycles. The van der Waals surface area contributed by atoms with Crippen molar-refractivity contribution in [3.63, 3.8) is 0 Å². The van der Waals surface area contributed by atoms with Gasteiger partial charge in [0.25, 0.3) is 0 Å². The van der Waals surface area contributed by atoms with E-state index >= 15 is 0 Å². The van der Waals surface area contributed by atoms with E-state index in [-0.39, 0.29) is 24.0 Å². The summed E-state index contributed by atoms with van der Waals surface area (Å²) < 4.78 is 10.6. The molecule has 0 aliphatic heterocycles. The number of nitrogens with zero attached hydrogens (tertiary/aromatic N) is 2. The van der Waals surface area contributed by atoms with Crippen molar-refractivity contribution in [1.82, 2.24) is 10.3 Å². The quantitative estimate of drug-likeness (QED) is 0.272. The van der Waals surface area contributed by atoms with Gasteiger partial charge in [0.15, 0.2) is 5.96 Å². The van der Waals surface area contributed by atoms with Crippen molar-refractivity contribution in [3.8, 4) is 5.88 Å². The van der Waals surface area contributed by atoms with Crippen molar-refractivity contribution in [2.75, 3.05) is 32.9 Å². The molecule has 1 aromatic rings. The number of halogens is 2. The first kappa shape index (κ1) is 20.2. The third kappa shape index (κ3) is 9.70. The SMILES string of the molecule is CCOCCCN=C(N)NCCOc1ncccc1Cl.I. The summed E-state index contributed by atoms with van der Waals surface area (Å²) in [6.45, 7) is 4.98. The minimum atomic E-state index is 0. The summed E-state index contributed by atoms with van der Waals surface area (Å²) >= 11 is 5.91. The van der Waals surface area contributed by atoms with Gasteiger partial charge >= 0.3 is 0 Å². The monoisotopic (exact) mass is 428 g/mol. The second-order valence-electron chi connectivity index (χ2n) is 3.88. The van der Waals surface area contributed by atoms with Gasteiger partial charge in [-0.05, 0) is 25.5 Å². The van der Waals surface area contributed by atoms with Crippen LogP contribution in [0.25, 0.3) is 0 Å². The maximum Gasteiger partial charge on any atom is 0.232 e. The molecule has 0 spiro atoms. The summed E-state index contributed by atoms with van der Waals surface area (Å²) in [5.74, 6) is 0.820. The maximum atomic E-state index is 5.91. The van der Waals surface area contributed by atoms with Crippen LogP contribution in [0.3, 0.4) is 0 Å². The lowest BCUT2D eigenvalue weighted by molar-refractivity contribution is 0.146.